The molecule has 1 atom stereocenters. The SMILES string of the molecule is CCC1CCCN(c2nccc(/C(N)=N/O)n2)C1. The third kappa shape index (κ3) is 2.69. The molecule has 1 aliphatic heterocycles. The number of anilines is 1. The number of nitrogens with zero attached hydrogens (tertiary/aromatic N) is 4. The predicted octanol–water partition coefficient (Wildman–Crippen LogP) is 1.20. The van der Waals surface area contributed by atoms with Crippen LogP contribution in [0.4, 0.5) is 5.95 Å². The lowest BCUT2D eigenvalue weighted by Crippen LogP contribution is -2.36. The average molecular weight is 249 g/mol. The van der Waals surface area contributed by atoms with E-state index in [1.54, 1.807) is 12.3 Å². The van der Waals surface area contributed by atoms with Crippen molar-refractivity contribution in [2.45, 2.75) is 26.2 Å². The molecule has 1 fully saturated rings. The molecule has 6 nitrogen and oxygen atoms in total. The quantitative estimate of drug-likeness (QED) is 0.364. The number of nitrogens with two attached hydrogens (primary N) is 1. The van der Waals surface area contributed by atoms with Crippen LogP contribution in [-0.4, -0.2) is 34.1 Å². The highest BCUT2D eigenvalue weighted by atomic mass is 16.4. The minimum absolute atomic E-state index is 0.0164. The van der Waals surface area contributed by atoms with Crippen LogP contribution in [-0.2, 0) is 0 Å². The fourth-order valence-corrected chi connectivity index (χ4v) is 2.27. The Labute approximate surface area is 107 Å². The second-order valence-corrected chi connectivity index (χ2v) is 4.59. The van der Waals surface area contributed by atoms with Crippen LogP contribution in [0.5, 0.6) is 0 Å². The Morgan fingerprint density at radius 1 is 1.67 bits per heavy atom. The van der Waals surface area contributed by atoms with Crippen LogP contribution in [0.15, 0.2) is 17.4 Å². The van der Waals surface area contributed by atoms with Gasteiger partial charge < -0.3 is 15.8 Å². The summed E-state index contributed by atoms with van der Waals surface area (Å²) >= 11 is 0. The second kappa shape index (κ2) is 5.66. The molecule has 0 bridgehead atoms. The fraction of sp³-hybridized carbons (Fsp3) is 0.583. The van der Waals surface area contributed by atoms with Gasteiger partial charge in [-0.3, -0.25) is 0 Å². The molecular formula is C12H19N5O. The fourth-order valence-electron chi connectivity index (χ4n) is 2.27. The lowest BCUT2D eigenvalue weighted by molar-refractivity contribution is 0.318. The molecule has 0 aromatic carbocycles. The van der Waals surface area contributed by atoms with Gasteiger partial charge in [-0.2, -0.15) is 0 Å². The molecule has 1 aliphatic rings. The molecule has 2 rings (SSSR count). The standard InChI is InChI=1S/C12H19N5O/c1-2-9-4-3-7-17(8-9)12-14-6-5-10(15-12)11(13)16-18/h5-6,9,18H,2-4,7-8H2,1H3,(H2,13,16). The van der Waals surface area contributed by atoms with Crippen LogP contribution in [0.3, 0.4) is 0 Å². The molecule has 1 saturated heterocycles. The molecule has 2 heterocycles. The van der Waals surface area contributed by atoms with E-state index in [-0.39, 0.29) is 5.84 Å². The third-order valence-electron chi connectivity index (χ3n) is 3.39. The first-order chi connectivity index (χ1) is 8.74. The Bertz CT molecular complexity index is 434. The highest BCUT2D eigenvalue weighted by molar-refractivity contribution is 5.95. The molecule has 6 heteroatoms. The largest absolute Gasteiger partial charge is 0.409 e. The first kappa shape index (κ1) is 12.6. The molecule has 1 aromatic heterocycles. The summed E-state index contributed by atoms with van der Waals surface area (Å²) in [5.41, 5.74) is 6.00. The van der Waals surface area contributed by atoms with E-state index in [1.807, 2.05) is 0 Å². The second-order valence-electron chi connectivity index (χ2n) is 4.59. The van der Waals surface area contributed by atoms with Gasteiger partial charge in [0.25, 0.3) is 0 Å². The molecule has 0 saturated carbocycles. The van der Waals surface area contributed by atoms with Crippen LogP contribution in [0.2, 0.25) is 0 Å². The minimum atomic E-state index is 0.0164. The van der Waals surface area contributed by atoms with E-state index in [4.69, 9.17) is 10.9 Å². The average Bonchev–Trinajstić information content (AvgIpc) is 2.46. The lowest BCUT2D eigenvalue weighted by atomic mass is 9.96. The first-order valence-electron chi connectivity index (χ1n) is 6.30. The Hall–Kier alpha value is -1.85. The summed E-state index contributed by atoms with van der Waals surface area (Å²) < 4.78 is 0. The minimum Gasteiger partial charge on any atom is -0.409 e. The summed E-state index contributed by atoms with van der Waals surface area (Å²) in [7, 11) is 0. The van der Waals surface area contributed by atoms with Crippen LogP contribution in [0.25, 0.3) is 0 Å². The molecule has 18 heavy (non-hydrogen) atoms. The van der Waals surface area contributed by atoms with E-state index in [0.29, 0.717) is 17.6 Å². The van der Waals surface area contributed by atoms with Crippen LogP contribution >= 0.6 is 0 Å². The number of oxime groups is 1. The monoisotopic (exact) mass is 249 g/mol. The van der Waals surface area contributed by atoms with Crippen molar-refractivity contribution in [1.29, 1.82) is 0 Å². The van der Waals surface area contributed by atoms with Crippen molar-refractivity contribution in [3.63, 3.8) is 0 Å². The number of rotatable bonds is 3. The maximum Gasteiger partial charge on any atom is 0.225 e. The maximum atomic E-state index is 8.66. The Morgan fingerprint density at radius 3 is 3.22 bits per heavy atom. The van der Waals surface area contributed by atoms with Crippen molar-refractivity contribution in [3.8, 4) is 0 Å². The summed E-state index contributed by atoms with van der Waals surface area (Å²) in [5, 5.41) is 11.6. The van der Waals surface area contributed by atoms with Crippen molar-refractivity contribution in [2.24, 2.45) is 16.8 Å². The molecule has 1 aromatic rings. The summed E-state index contributed by atoms with van der Waals surface area (Å²) in [6.07, 6.45) is 5.25. The van der Waals surface area contributed by atoms with Crippen LogP contribution < -0.4 is 10.6 Å². The van der Waals surface area contributed by atoms with E-state index in [1.165, 1.54) is 12.8 Å². The highest BCUT2D eigenvalue weighted by Crippen LogP contribution is 2.22. The Kier molecular flexibility index (Phi) is 3.96. The van der Waals surface area contributed by atoms with E-state index in [2.05, 4.69) is 26.9 Å². The molecule has 0 spiro atoms. The van der Waals surface area contributed by atoms with Crippen LogP contribution in [0, 0.1) is 5.92 Å². The van der Waals surface area contributed by atoms with Gasteiger partial charge >= 0.3 is 0 Å². The molecule has 0 amide bonds. The zero-order chi connectivity index (χ0) is 13.0. The topological polar surface area (TPSA) is 87.6 Å². The number of aromatic nitrogens is 2. The van der Waals surface area contributed by atoms with Gasteiger partial charge in [0.15, 0.2) is 5.84 Å². The summed E-state index contributed by atoms with van der Waals surface area (Å²) in [5.74, 6) is 1.38. The van der Waals surface area contributed by atoms with Crippen molar-refractivity contribution >= 4 is 11.8 Å². The summed E-state index contributed by atoms with van der Waals surface area (Å²) in [4.78, 5) is 10.8. The molecule has 0 aliphatic carbocycles. The van der Waals surface area contributed by atoms with Gasteiger partial charge in [-0.1, -0.05) is 18.5 Å². The highest BCUT2D eigenvalue weighted by Gasteiger charge is 2.20. The van der Waals surface area contributed by atoms with Crippen molar-refractivity contribution in [3.05, 3.63) is 18.0 Å². The van der Waals surface area contributed by atoms with Gasteiger partial charge in [0, 0.05) is 19.3 Å². The van der Waals surface area contributed by atoms with Gasteiger partial charge in [-0.25, -0.2) is 9.97 Å². The molecule has 0 radical (unpaired) electrons. The number of hydrogen-bond acceptors (Lipinski definition) is 5. The van der Waals surface area contributed by atoms with E-state index in [9.17, 15) is 0 Å². The smallest absolute Gasteiger partial charge is 0.225 e. The maximum absolute atomic E-state index is 8.66. The van der Waals surface area contributed by atoms with Gasteiger partial charge in [-0.05, 0) is 24.8 Å². The van der Waals surface area contributed by atoms with Gasteiger partial charge in [0.1, 0.15) is 5.69 Å². The normalized spacial score (nSPS) is 21.1. The Morgan fingerprint density at radius 2 is 2.50 bits per heavy atom. The zero-order valence-corrected chi connectivity index (χ0v) is 10.6. The van der Waals surface area contributed by atoms with E-state index >= 15 is 0 Å². The third-order valence-corrected chi connectivity index (χ3v) is 3.39. The molecule has 98 valence electrons. The van der Waals surface area contributed by atoms with Crippen molar-refractivity contribution in [1.82, 2.24) is 9.97 Å². The van der Waals surface area contributed by atoms with Gasteiger partial charge in [0.05, 0.1) is 0 Å². The Balaban J connectivity index is 2.17. The van der Waals surface area contributed by atoms with Gasteiger partial charge in [-0.15, -0.1) is 0 Å². The lowest BCUT2D eigenvalue weighted by Gasteiger charge is -2.32. The van der Waals surface area contributed by atoms with E-state index in [0.717, 1.165) is 19.5 Å². The zero-order valence-electron chi connectivity index (χ0n) is 10.6. The number of piperidine rings is 1. The van der Waals surface area contributed by atoms with E-state index < -0.39 is 0 Å². The summed E-state index contributed by atoms with van der Waals surface area (Å²) in [6, 6.07) is 1.64. The summed E-state index contributed by atoms with van der Waals surface area (Å²) in [6.45, 7) is 4.16. The molecular weight excluding hydrogens is 230 g/mol. The number of amidine groups is 1. The predicted molar refractivity (Wildman–Crippen MR) is 69.8 cm³/mol. The van der Waals surface area contributed by atoms with Crippen molar-refractivity contribution < 1.29 is 5.21 Å². The van der Waals surface area contributed by atoms with Crippen LogP contribution in [0.1, 0.15) is 31.9 Å². The molecule has 1 unspecified atom stereocenters. The molecule has 3 N–H and O–H groups in total. The van der Waals surface area contributed by atoms with Gasteiger partial charge in [0.2, 0.25) is 5.95 Å². The number of hydrogen-bond donors (Lipinski definition) is 2. The van der Waals surface area contributed by atoms with Crippen molar-refractivity contribution in [2.75, 3.05) is 18.0 Å². The first-order valence-corrected chi connectivity index (χ1v) is 6.30.